The Morgan fingerprint density at radius 1 is 1.41 bits per heavy atom. The Morgan fingerprint density at radius 3 is 2.50 bits per heavy atom. The van der Waals surface area contributed by atoms with Crippen molar-refractivity contribution in [1.29, 1.82) is 5.26 Å². The Bertz CT molecular complexity index is 1180. The summed E-state index contributed by atoms with van der Waals surface area (Å²) in [6, 6.07) is 2.27. The minimum absolute atomic E-state index is 0.109. The first-order valence-electron chi connectivity index (χ1n) is 9.93. The lowest BCUT2D eigenvalue weighted by atomic mass is 9.90. The number of aliphatic hydroxyl groups is 1. The van der Waals surface area contributed by atoms with Crippen LogP contribution in [-0.4, -0.2) is 20.3 Å². The summed E-state index contributed by atoms with van der Waals surface area (Å²) in [6.07, 6.45) is 1.43. The number of urea groups is 1. The highest BCUT2D eigenvalue weighted by Gasteiger charge is 2.24. The molecule has 0 spiro atoms. The molecule has 1 aromatic heterocycles. The molecule has 0 fully saturated rings. The Balaban J connectivity index is 2.42. The number of aromatic nitrogens is 1. The predicted octanol–water partition coefficient (Wildman–Crippen LogP) is 4.70. The fourth-order valence-electron chi connectivity index (χ4n) is 3.08. The third-order valence-electron chi connectivity index (χ3n) is 4.55. The minimum atomic E-state index is -3.47. The first kappa shape index (κ1) is 25.9. The molecule has 2 aromatic rings. The van der Waals surface area contributed by atoms with Crippen LogP contribution in [0.1, 0.15) is 80.0 Å². The number of nitrogens with zero attached hydrogens (tertiary/aromatic N) is 3. The van der Waals surface area contributed by atoms with E-state index in [4.69, 9.17) is 5.14 Å². The van der Waals surface area contributed by atoms with Gasteiger partial charge in [0, 0.05) is 16.6 Å². The van der Waals surface area contributed by atoms with Crippen LogP contribution in [0.3, 0.4) is 0 Å². The highest BCUT2D eigenvalue weighted by molar-refractivity contribution is 7.91. The maximum Gasteiger partial charge on any atom is 0.354 e. The van der Waals surface area contributed by atoms with Gasteiger partial charge in [-0.1, -0.05) is 27.7 Å². The fourth-order valence-corrected chi connectivity index (χ4v) is 5.41. The number of thiazole rings is 1. The number of rotatable bonds is 6. The monoisotopic (exact) mass is 481 g/mol. The molecule has 1 heterocycles. The van der Waals surface area contributed by atoms with Crippen molar-refractivity contribution in [3.8, 4) is 6.07 Å². The molecule has 0 aliphatic rings. The van der Waals surface area contributed by atoms with Gasteiger partial charge in [0.05, 0.1) is 17.0 Å². The molecular formula is C21H28FN5O3S2. The van der Waals surface area contributed by atoms with E-state index in [1.165, 1.54) is 12.3 Å². The van der Waals surface area contributed by atoms with E-state index in [0.717, 1.165) is 11.3 Å². The van der Waals surface area contributed by atoms with Crippen LogP contribution in [0.25, 0.3) is 0 Å². The molecule has 32 heavy (non-hydrogen) atoms. The zero-order chi connectivity index (χ0) is 24.4. The Morgan fingerprint density at radius 2 is 2.03 bits per heavy atom. The highest BCUT2D eigenvalue weighted by Crippen LogP contribution is 2.36. The van der Waals surface area contributed by atoms with Gasteiger partial charge in [0.15, 0.2) is 0 Å². The quantitative estimate of drug-likeness (QED) is 0.548. The van der Waals surface area contributed by atoms with Crippen molar-refractivity contribution in [3.05, 3.63) is 44.7 Å². The lowest BCUT2D eigenvalue weighted by Crippen LogP contribution is -2.20. The highest BCUT2D eigenvalue weighted by atomic mass is 32.2. The van der Waals surface area contributed by atoms with Crippen LogP contribution in [0, 0.1) is 17.1 Å². The Hall–Kier alpha value is -2.39. The van der Waals surface area contributed by atoms with E-state index in [9.17, 15) is 23.8 Å². The van der Waals surface area contributed by atoms with Gasteiger partial charge in [-0.15, -0.1) is 15.7 Å². The van der Waals surface area contributed by atoms with Crippen LogP contribution in [0.4, 0.5) is 14.9 Å². The number of nitrogens with one attached hydrogen (secondary N) is 1. The van der Waals surface area contributed by atoms with E-state index in [2.05, 4.69) is 14.7 Å². The standard InChI is InChI=1S/C21H28FN5O3S2/c1-11(2)15-7-13(8-23)17(22)16(12(3)4)18(15)26-20(28)27-32(24,30)10-14-9-25-19(31-14)21(5,6)29/h7,9,11-12,29H,10H2,1-6H3,(H3,24,26,27,28,30). The van der Waals surface area contributed by atoms with Gasteiger partial charge in [0.1, 0.15) is 32.4 Å². The average Bonchev–Trinajstić information content (AvgIpc) is 3.08. The first-order chi connectivity index (χ1) is 14.7. The maximum absolute atomic E-state index is 14.9. The zero-order valence-electron chi connectivity index (χ0n) is 18.9. The van der Waals surface area contributed by atoms with E-state index in [0.29, 0.717) is 15.4 Å². The van der Waals surface area contributed by atoms with Crippen molar-refractivity contribution < 1.29 is 18.5 Å². The molecule has 174 valence electrons. The van der Waals surface area contributed by atoms with Gasteiger partial charge < -0.3 is 10.4 Å². The summed E-state index contributed by atoms with van der Waals surface area (Å²) in [6.45, 7) is 10.3. The number of nitriles is 1. The third kappa shape index (κ3) is 6.10. The van der Waals surface area contributed by atoms with Crippen molar-refractivity contribution in [1.82, 2.24) is 4.98 Å². The van der Waals surface area contributed by atoms with E-state index >= 15 is 0 Å². The number of benzene rings is 1. The van der Waals surface area contributed by atoms with Crippen LogP contribution >= 0.6 is 11.3 Å². The summed E-state index contributed by atoms with van der Waals surface area (Å²) in [5, 5.41) is 28.0. The SMILES string of the molecule is CC(C)c1cc(C#N)c(F)c(C(C)C)c1NC(=O)N=S(N)(=O)Cc1cnc(C(C)(C)O)s1. The Labute approximate surface area is 192 Å². The van der Waals surface area contributed by atoms with E-state index in [-0.39, 0.29) is 34.4 Å². The smallest absolute Gasteiger partial charge is 0.354 e. The number of amides is 2. The van der Waals surface area contributed by atoms with Gasteiger partial charge in [-0.2, -0.15) is 5.26 Å². The molecule has 2 rings (SSSR count). The van der Waals surface area contributed by atoms with Gasteiger partial charge in [-0.25, -0.2) is 23.5 Å². The molecule has 11 heteroatoms. The molecule has 0 saturated carbocycles. The first-order valence-corrected chi connectivity index (χ1v) is 12.5. The van der Waals surface area contributed by atoms with Gasteiger partial charge >= 0.3 is 6.03 Å². The molecule has 2 amide bonds. The second-order valence-electron chi connectivity index (χ2n) is 8.58. The van der Waals surface area contributed by atoms with Crippen molar-refractivity contribution in [3.63, 3.8) is 0 Å². The topological polar surface area (TPSA) is 141 Å². The normalized spacial score (nSPS) is 13.7. The van der Waals surface area contributed by atoms with Gasteiger partial charge in [0.2, 0.25) is 0 Å². The fraction of sp³-hybridized carbons (Fsp3) is 0.476. The van der Waals surface area contributed by atoms with Gasteiger partial charge in [-0.05, 0) is 37.3 Å². The summed E-state index contributed by atoms with van der Waals surface area (Å²) in [7, 11) is -3.47. The number of hydrogen-bond acceptors (Lipinski definition) is 6. The summed E-state index contributed by atoms with van der Waals surface area (Å²) >= 11 is 1.12. The van der Waals surface area contributed by atoms with Crippen LogP contribution in [-0.2, 0) is 21.3 Å². The van der Waals surface area contributed by atoms with E-state index in [1.807, 2.05) is 19.9 Å². The number of carbonyl (C=O) groups excluding carboxylic acids is 1. The van der Waals surface area contributed by atoms with Gasteiger partial charge in [0.25, 0.3) is 0 Å². The summed E-state index contributed by atoms with van der Waals surface area (Å²) in [5.41, 5.74) is -0.319. The van der Waals surface area contributed by atoms with E-state index < -0.39 is 27.4 Å². The van der Waals surface area contributed by atoms with Crippen molar-refractivity contribution in [2.45, 2.75) is 64.7 Å². The number of halogens is 1. The van der Waals surface area contributed by atoms with Crippen LogP contribution < -0.4 is 10.5 Å². The average molecular weight is 482 g/mol. The molecule has 1 aromatic carbocycles. The Kier molecular flexibility index (Phi) is 7.78. The molecule has 8 nitrogen and oxygen atoms in total. The largest absolute Gasteiger partial charge is 0.383 e. The summed E-state index contributed by atoms with van der Waals surface area (Å²) < 4.78 is 31.3. The number of hydrogen-bond donors (Lipinski definition) is 3. The lowest BCUT2D eigenvalue weighted by molar-refractivity contribution is 0.0783. The second kappa shape index (κ2) is 9.62. The molecule has 0 radical (unpaired) electrons. The van der Waals surface area contributed by atoms with Crippen molar-refractivity contribution in [2.24, 2.45) is 9.50 Å². The lowest BCUT2D eigenvalue weighted by Gasteiger charge is -2.21. The number of anilines is 1. The molecule has 0 saturated heterocycles. The van der Waals surface area contributed by atoms with Crippen LogP contribution in [0.2, 0.25) is 0 Å². The molecule has 0 aliphatic carbocycles. The number of nitrogens with two attached hydrogens (primary N) is 1. The zero-order valence-corrected chi connectivity index (χ0v) is 20.5. The summed E-state index contributed by atoms with van der Waals surface area (Å²) in [4.78, 5) is 17.2. The maximum atomic E-state index is 14.9. The van der Waals surface area contributed by atoms with Crippen molar-refractivity contribution >= 4 is 33.0 Å². The number of carbonyl (C=O) groups is 1. The van der Waals surface area contributed by atoms with Gasteiger partial charge in [-0.3, -0.25) is 0 Å². The molecule has 1 atom stereocenters. The minimum Gasteiger partial charge on any atom is -0.383 e. The van der Waals surface area contributed by atoms with Crippen LogP contribution in [0.15, 0.2) is 16.6 Å². The molecular weight excluding hydrogens is 453 g/mol. The molecule has 1 unspecified atom stereocenters. The molecule has 0 aliphatic heterocycles. The second-order valence-corrected chi connectivity index (χ2v) is 11.5. The molecule has 4 N–H and O–H groups in total. The van der Waals surface area contributed by atoms with E-state index in [1.54, 1.807) is 27.7 Å². The predicted molar refractivity (Wildman–Crippen MR) is 124 cm³/mol. The summed E-state index contributed by atoms with van der Waals surface area (Å²) in [5.74, 6) is -1.41. The molecule has 0 bridgehead atoms. The third-order valence-corrected chi connectivity index (χ3v) is 7.24. The van der Waals surface area contributed by atoms with Crippen LogP contribution in [0.5, 0.6) is 0 Å². The van der Waals surface area contributed by atoms with Crippen molar-refractivity contribution in [2.75, 3.05) is 5.32 Å².